The molecule has 8 nitrogen and oxygen atoms in total. The van der Waals surface area contributed by atoms with Gasteiger partial charge in [-0.05, 0) is 90.5 Å². The van der Waals surface area contributed by atoms with E-state index >= 15 is 0 Å². The first kappa shape index (κ1) is 27.6. The van der Waals surface area contributed by atoms with Gasteiger partial charge in [-0.3, -0.25) is 14.9 Å². The lowest BCUT2D eigenvalue weighted by atomic mass is 10.1. The minimum atomic E-state index is -0.818. The summed E-state index contributed by atoms with van der Waals surface area (Å²) in [5.74, 6) is 0.125. The number of imide groups is 2. The molecule has 3 aromatic rings. The smallest absolute Gasteiger partial charge is 0.335 e. The first-order valence-corrected chi connectivity index (χ1v) is 13.7. The molecule has 0 aliphatic carbocycles. The van der Waals surface area contributed by atoms with Crippen LogP contribution >= 0.6 is 38.5 Å². The number of halogens is 2. The Labute approximate surface area is 242 Å². The van der Waals surface area contributed by atoms with Gasteiger partial charge in [-0.2, -0.15) is 0 Å². The molecule has 38 heavy (non-hydrogen) atoms. The van der Waals surface area contributed by atoms with Gasteiger partial charge in [0, 0.05) is 10.0 Å². The van der Waals surface area contributed by atoms with E-state index in [1.54, 1.807) is 36.4 Å². The van der Waals surface area contributed by atoms with Gasteiger partial charge in [-0.25, -0.2) is 9.69 Å². The fraction of sp³-hybridized carbons (Fsp3) is 0.179. The van der Waals surface area contributed by atoms with Crippen molar-refractivity contribution in [1.29, 1.82) is 0 Å². The number of hydrogen-bond acceptors (Lipinski definition) is 6. The maximum atomic E-state index is 13.3. The molecule has 0 bridgehead atoms. The Morgan fingerprint density at radius 3 is 2.34 bits per heavy atom. The largest absolute Gasteiger partial charge is 0.494 e. The van der Waals surface area contributed by atoms with Crippen molar-refractivity contribution in [1.82, 2.24) is 5.32 Å². The monoisotopic (exact) mass is 690 g/mol. The summed E-state index contributed by atoms with van der Waals surface area (Å²) >= 11 is 5.65. The van der Waals surface area contributed by atoms with Crippen LogP contribution in [-0.2, 0) is 16.2 Å². The average Bonchev–Trinajstić information content (AvgIpc) is 2.88. The number of rotatable bonds is 9. The zero-order valence-electron chi connectivity index (χ0n) is 20.6. The molecule has 0 atom stereocenters. The van der Waals surface area contributed by atoms with Crippen LogP contribution in [0.3, 0.4) is 0 Å². The van der Waals surface area contributed by atoms with Crippen molar-refractivity contribution in [3.63, 3.8) is 0 Å². The fourth-order valence-corrected chi connectivity index (χ4v) is 4.94. The maximum Gasteiger partial charge on any atom is 0.335 e. The fourth-order valence-electron chi connectivity index (χ4n) is 3.76. The van der Waals surface area contributed by atoms with Crippen LogP contribution in [0.15, 0.2) is 70.7 Å². The summed E-state index contributed by atoms with van der Waals surface area (Å²) in [6, 6.07) is 16.9. The third-order valence-electron chi connectivity index (χ3n) is 5.48. The number of urea groups is 1. The Balaban J connectivity index is 1.64. The van der Waals surface area contributed by atoms with E-state index in [-0.39, 0.29) is 5.57 Å². The van der Waals surface area contributed by atoms with E-state index in [2.05, 4.69) is 43.8 Å². The number of benzene rings is 3. The summed E-state index contributed by atoms with van der Waals surface area (Å²) in [6.07, 6.45) is 1.44. The predicted molar refractivity (Wildman–Crippen MR) is 155 cm³/mol. The second-order valence-electron chi connectivity index (χ2n) is 8.03. The Kier molecular flexibility index (Phi) is 9.05. The molecule has 0 aromatic heterocycles. The summed E-state index contributed by atoms with van der Waals surface area (Å²) in [5, 5.41) is 2.24. The van der Waals surface area contributed by atoms with Crippen LogP contribution in [0, 0.1) is 3.57 Å². The number of hydrogen-bond donors (Lipinski definition) is 1. The van der Waals surface area contributed by atoms with Crippen LogP contribution in [0.2, 0.25) is 0 Å². The van der Waals surface area contributed by atoms with Gasteiger partial charge in [-0.15, -0.1) is 0 Å². The molecule has 0 spiro atoms. The zero-order chi connectivity index (χ0) is 27.2. The number of carbonyl (C=O) groups excluding carboxylic acids is 3. The number of anilines is 1. The molecule has 0 saturated carbocycles. The van der Waals surface area contributed by atoms with Gasteiger partial charge in [-0.1, -0.05) is 34.1 Å². The molecule has 1 fully saturated rings. The van der Waals surface area contributed by atoms with Crippen LogP contribution in [-0.4, -0.2) is 31.1 Å². The van der Waals surface area contributed by atoms with Gasteiger partial charge in [0.25, 0.3) is 11.8 Å². The number of barbiturate groups is 1. The van der Waals surface area contributed by atoms with Crippen LogP contribution in [0.4, 0.5) is 10.5 Å². The summed E-state index contributed by atoms with van der Waals surface area (Å²) in [5.41, 5.74) is 1.65. The number of nitrogens with zero attached hydrogens (tertiary/aromatic N) is 1. The van der Waals surface area contributed by atoms with Gasteiger partial charge in [0.2, 0.25) is 0 Å². The Bertz CT molecular complexity index is 1410. The molecule has 0 radical (unpaired) electrons. The minimum absolute atomic E-state index is 0.182. The van der Waals surface area contributed by atoms with E-state index in [9.17, 15) is 14.4 Å². The van der Waals surface area contributed by atoms with E-state index in [1.165, 1.54) is 6.08 Å². The van der Waals surface area contributed by atoms with Gasteiger partial charge < -0.3 is 14.2 Å². The van der Waals surface area contributed by atoms with Gasteiger partial charge in [0.05, 0.1) is 22.5 Å². The van der Waals surface area contributed by atoms with E-state index in [0.29, 0.717) is 48.3 Å². The molecular weight excluding hydrogens is 667 g/mol. The molecule has 0 unspecified atom stereocenters. The second kappa shape index (κ2) is 12.4. The van der Waals surface area contributed by atoms with Gasteiger partial charge in [0.1, 0.15) is 17.9 Å². The average molecular weight is 691 g/mol. The van der Waals surface area contributed by atoms with Gasteiger partial charge >= 0.3 is 6.03 Å². The number of carbonyl (C=O) groups is 3. The summed E-state index contributed by atoms with van der Waals surface area (Å²) < 4.78 is 19.0. The van der Waals surface area contributed by atoms with E-state index in [4.69, 9.17) is 14.2 Å². The number of ether oxygens (including phenoxy) is 3. The molecular formula is C28H24BrIN2O6. The molecule has 1 aliphatic rings. The highest BCUT2D eigenvalue weighted by molar-refractivity contribution is 14.1. The SMILES string of the molecule is CCOc1ccc(N2C(=O)NC(=O)/C(=C\c3cc(I)c(OCc4ccccc4Br)c(OCC)c3)C2=O)cc1. The standard InChI is InChI=1S/C28H24BrIN2O6/c1-3-36-20-11-9-19(10-12-20)32-27(34)21(26(33)31-28(32)35)13-17-14-23(30)25(24(15-17)37-4-2)38-16-18-7-5-6-8-22(18)29/h5-15H,3-4,16H2,1-2H3,(H,31,33,35)/b21-13+. The van der Waals surface area contributed by atoms with Crippen molar-refractivity contribution in [2.75, 3.05) is 18.1 Å². The molecule has 1 saturated heterocycles. The van der Waals surface area contributed by atoms with Gasteiger partial charge in [0.15, 0.2) is 11.5 Å². The molecule has 1 N–H and O–H groups in total. The molecule has 4 amide bonds. The normalized spacial score (nSPS) is 14.5. The van der Waals surface area contributed by atoms with Crippen LogP contribution in [0.25, 0.3) is 6.08 Å². The molecule has 3 aromatic carbocycles. The third kappa shape index (κ3) is 6.18. The molecule has 1 aliphatic heterocycles. The summed E-state index contributed by atoms with van der Waals surface area (Å²) in [6.45, 7) is 4.91. The highest BCUT2D eigenvalue weighted by atomic mass is 127. The minimum Gasteiger partial charge on any atom is -0.494 e. The lowest BCUT2D eigenvalue weighted by molar-refractivity contribution is -0.122. The second-order valence-corrected chi connectivity index (χ2v) is 10.0. The molecule has 196 valence electrons. The number of amides is 4. The molecule has 4 rings (SSSR count). The van der Waals surface area contributed by atoms with E-state index in [0.717, 1.165) is 18.5 Å². The summed E-state index contributed by atoms with van der Waals surface area (Å²) in [4.78, 5) is 39.4. The van der Waals surface area contributed by atoms with Crippen LogP contribution in [0.5, 0.6) is 17.2 Å². The molecule has 1 heterocycles. The first-order valence-electron chi connectivity index (χ1n) is 11.8. The van der Waals surface area contributed by atoms with Crippen molar-refractivity contribution in [2.45, 2.75) is 20.5 Å². The highest BCUT2D eigenvalue weighted by Crippen LogP contribution is 2.36. The maximum absolute atomic E-state index is 13.3. The van der Waals surface area contributed by atoms with Crippen molar-refractivity contribution in [3.8, 4) is 17.2 Å². The lowest BCUT2D eigenvalue weighted by Gasteiger charge is -2.26. The molecule has 10 heteroatoms. The topological polar surface area (TPSA) is 94.2 Å². The van der Waals surface area contributed by atoms with Crippen molar-refractivity contribution in [2.24, 2.45) is 0 Å². The third-order valence-corrected chi connectivity index (χ3v) is 7.06. The zero-order valence-corrected chi connectivity index (χ0v) is 24.4. The first-order chi connectivity index (χ1) is 18.3. The Hall–Kier alpha value is -3.38. The van der Waals surface area contributed by atoms with E-state index < -0.39 is 17.8 Å². The van der Waals surface area contributed by atoms with Crippen molar-refractivity contribution >= 4 is 68.1 Å². The Morgan fingerprint density at radius 1 is 0.947 bits per heavy atom. The van der Waals surface area contributed by atoms with Crippen LogP contribution < -0.4 is 24.4 Å². The lowest BCUT2D eigenvalue weighted by Crippen LogP contribution is -2.54. The Morgan fingerprint density at radius 2 is 1.66 bits per heavy atom. The highest BCUT2D eigenvalue weighted by Gasteiger charge is 2.37. The summed E-state index contributed by atoms with van der Waals surface area (Å²) in [7, 11) is 0. The van der Waals surface area contributed by atoms with Crippen LogP contribution in [0.1, 0.15) is 25.0 Å². The van der Waals surface area contributed by atoms with Crippen molar-refractivity contribution < 1.29 is 28.6 Å². The predicted octanol–water partition coefficient (Wildman–Crippen LogP) is 6.10. The quantitative estimate of drug-likeness (QED) is 0.166. The van der Waals surface area contributed by atoms with E-state index in [1.807, 2.05) is 38.1 Å². The van der Waals surface area contributed by atoms with Crippen molar-refractivity contribution in [3.05, 3.63) is 85.4 Å². The number of nitrogens with one attached hydrogen (secondary N) is 1.